The molecular weight excluding hydrogens is 1140 g/mol. The maximum absolute atomic E-state index is 14.1. The molecule has 0 aliphatic rings. The number of nitrogen functional groups attached to an aromatic ring is 1. The third kappa shape index (κ3) is 22.7. The van der Waals surface area contributed by atoms with Crippen LogP contribution in [0.1, 0.15) is 89.1 Å². The topological polar surface area (TPSA) is 524 Å². The van der Waals surface area contributed by atoms with Crippen molar-refractivity contribution in [3.8, 4) is 5.75 Å². The van der Waals surface area contributed by atoms with E-state index in [0.29, 0.717) is 5.56 Å². The van der Waals surface area contributed by atoms with Gasteiger partial charge in [0.05, 0.1) is 34.3 Å². The highest BCUT2D eigenvalue weighted by molar-refractivity contribution is 6.02. The first-order valence-electron chi connectivity index (χ1n) is 26.6. The number of amides is 10. The molecule has 17 N–H and O–H groups in total. The number of nitro groups is 2. The number of benzene rings is 3. The van der Waals surface area contributed by atoms with E-state index in [1.807, 2.05) is 0 Å². The minimum atomic E-state index is -1.98. The SMILES string of the molecule is CCC[C@H](NC(=O)[C@H](CC(=O)O)NC(=O)[C@H](C)NC(=O)[C@@H](NC(=O)c1ccccc1N)C(C)C)C(=O)N[C@@H](C)C(=O)N[C@@H](CC(=O)O)C(=O)N[C@@H](Cc1ccc(O)cc1)C(=O)N[C@@H](CCC(N)=O)C(=O)NCCNc1ccc([N+](=O)[O-])cc1[N+](=O)[O-]. The maximum atomic E-state index is 14.1. The largest absolute Gasteiger partial charge is 0.508 e. The lowest BCUT2D eigenvalue weighted by Gasteiger charge is -2.27. The third-order valence-electron chi connectivity index (χ3n) is 12.6. The van der Waals surface area contributed by atoms with E-state index in [1.54, 1.807) is 32.9 Å². The maximum Gasteiger partial charge on any atom is 0.305 e. The van der Waals surface area contributed by atoms with Crippen LogP contribution in [-0.2, 0) is 59.2 Å². The van der Waals surface area contributed by atoms with E-state index in [1.165, 1.54) is 43.3 Å². The molecule has 33 heteroatoms. The molecule has 0 aromatic heterocycles. The minimum Gasteiger partial charge on any atom is -0.508 e. The van der Waals surface area contributed by atoms with Crippen LogP contribution < -0.4 is 64.6 Å². The van der Waals surface area contributed by atoms with E-state index < -0.39 is 179 Å². The fraction of sp³-hybridized carbons (Fsp3) is 0.434. The summed E-state index contributed by atoms with van der Waals surface area (Å²) in [6.45, 7) is 6.72. The van der Waals surface area contributed by atoms with Crippen LogP contribution >= 0.6 is 0 Å². The second-order valence-electron chi connectivity index (χ2n) is 19.8. The molecule has 3 aromatic carbocycles. The molecule has 466 valence electrons. The molecule has 0 radical (unpaired) electrons. The van der Waals surface area contributed by atoms with E-state index in [4.69, 9.17) is 11.5 Å². The number of carbonyl (C=O) groups excluding carboxylic acids is 10. The summed E-state index contributed by atoms with van der Waals surface area (Å²) in [6.07, 6.45) is -3.32. The molecule has 3 aromatic rings. The number of nitro benzene ring substituents is 2. The van der Waals surface area contributed by atoms with Crippen molar-refractivity contribution in [3.05, 3.63) is 98.1 Å². The van der Waals surface area contributed by atoms with Gasteiger partial charge in [0, 0.05) is 37.7 Å². The zero-order valence-corrected chi connectivity index (χ0v) is 47.3. The molecule has 10 amide bonds. The summed E-state index contributed by atoms with van der Waals surface area (Å²) in [5, 5.41) is 76.0. The van der Waals surface area contributed by atoms with Gasteiger partial charge in [-0.25, -0.2) is 0 Å². The van der Waals surface area contributed by atoms with Crippen molar-refractivity contribution in [3.63, 3.8) is 0 Å². The molecule has 0 unspecified atom stereocenters. The smallest absolute Gasteiger partial charge is 0.305 e. The number of primary amides is 1. The molecule has 0 aliphatic heterocycles. The summed E-state index contributed by atoms with van der Waals surface area (Å²) in [6, 6.07) is 1.33. The molecule has 0 saturated carbocycles. The van der Waals surface area contributed by atoms with Crippen LogP contribution in [-0.4, -0.2) is 158 Å². The lowest BCUT2D eigenvalue weighted by Crippen LogP contribution is -2.60. The number of nitrogens with one attached hydrogen (secondary N) is 10. The number of hydrogen-bond acceptors (Lipinski definition) is 19. The monoisotopic (exact) mass is 1210 g/mol. The zero-order valence-electron chi connectivity index (χ0n) is 47.3. The van der Waals surface area contributed by atoms with E-state index in [9.17, 15) is 93.1 Å². The Morgan fingerprint density at radius 3 is 1.57 bits per heavy atom. The Kier molecular flexibility index (Phi) is 27.2. The Bertz CT molecular complexity index is 3020. The van der Waals surface area contributed by atoms with Crippen LogP contribution in [0.15, 0.2) is 66.7 Å². The van der Waals surface area contributed by atoms with Gasteiger partial charge in [0.1, 0.15) is 59.8 Å². The minimum absolute atomic E-state index is 0.0885. The molecule has 0 heterocycles. The van der Waals surface area contributed by atoms with Crippen molar-refractivity contribution in [1.82, 2.24) is 47.9 Å². The molecule has 0 saturated heterocycles. The number of anilines is 2. The van der Waals surface area contributed by atoms with Crippen LogP contribution in [0.3, 0.4) is 0 Å². The molecule has 0 bridgehead atoms. The lowest BCUT2D eigenvalue weighted by molar-refractivity contribution is -0.393. The lowest BCUT2D eigenvalue weighted by atomic mass is 10.0. The highest BCUT2D eigenvalue weighted by Crippen LogP contribution is 2.28. The van der Waals surface area contributed by atoms with Crippen molar-refractivity contribution < 1.29 is 82.7 Å². The predicted molar refractivity (Wildman–Crippen MR) is 303 cm³/mol. The van der Waals surface area contributed by atoms with Crippen LogP contribution in [0.2, 0.25) is 0 Å². The average Bonchev–Trinajstić information content (AvgIpc) is 2.82. The summed E-state index contributed by atoms with van der Waals surface area (Å²) < 4.78 is 0. The average molecular weight is 1210 g/mol. The first-order chi connectivity index (χ1) is 40.4. The number of phenols is 1. The van der Waals surface area contributed by atoms with Crippen molar-refractivity contribution in [2.45, 2.75) is 128 Å². The molecule has 3 rings (SSSR count). The van der Waals surface area contributed by atoms with Crippen LogP contribution in [0.25, 0.3) is 0 Å². The standard InChI is InChI=1S/C53H70N14O19/c1-6-9-35(60-51(80)38(24-42(70)71)62-46(75)28(5)59-53(82)44(26(2)3)65-47(76)32-10-7-8-11-33(32)54)49(78)58-27(4)45(74)63-39(25-43(72)73)52(81)64-37(22-29-12-15-31(68)16-13-29)50(79)61-36(18-19-41(55)69)48(77)57-21-20-56-34-17-14-30(66(83)84)23-40(34)67(85)86/h7-8,10-17,23,26-28,35-39,44,56,68H,6,9,18-22,24-25,54H2,1-5H3,(H2,55,69)(H,57,77)(H,58,78)(H,59,82)(H,60,80)(H,61,79)(H,62,75)(H,63,74)(H,64,81)(H,65,76)(H,70,71)(H,72,73)/t27-,28-,35-,36-,37-,38-,39-,44-/m0/s1. The number of carboxylic acid groups (broad SMARTS) is 2. The van der Waals surface area contributed by atoms with Gasteiger partial charge in [-0.3, -0.25) is 77.8 Å². The predicted octanol–water partition coefficient (Wildman–Crippen LogP) is -1.54. The summed E-state index contributed by atoms with van der Waals surface area (Å²) in [4.78, 5) is 179. The fourth-order valence-corrected chi connectivity index (χ4v) is 8.01. The first-order valence-corrected chi connectivity index (χ1v) is 26.6. The molecular formula is C53H70N14O19. The fourth-order valence-electron chi connectivity index (χ4n) is 8.01. The van der Waals surface area contributed by atoms with Gasteiger partial charge in [0.2, 0.25) is 53.2 Å². The van der Waals surface area contributed by atoms with Gasteiger partial charge in [-0.1, -0.05) is 51.5 Å². The number of nitrogens with zero attached hydrogens (tertiary/aromatic N) is 2. The van der Waals surface area contributed by atoms with Crippen molar-refractivity contribution >= 4 is 93.8 Å². The normalized spacial score (nSPS) is 13.6. The number of phenolic OH excluding ortho intramolecular Hbond substituents is 1. The Morgan fingerprint density at radius 1 is 0.570 bits per heavy atom. The van der Waals surface area contributed by atoms with Gasteiger partial charge in [-0.05, 0) is 68.5 Å². The molecule has 0 aliphatic carbocycles. The Morgan fingerprint density at radius 2 is 1.07 bits per heavy atom. The highest BCUT2D eigenvalue weighted by Gasteiger charge is 2.35. The number of nitrogens with two attached hydrogens (primary N) is 2. The van der Waals surface area contributed by atoms with Crippen molar-refractivity contribution in [2.24, 2.45) is 11.7 Å². The third-order valence-corrected chi connectivity index (χ3v) is 12.6. The number of para-hydroxylation sites is 1. The molecule has 0 spiro atoms. The van der Waals surface area contributed by atoms with E-state index >= 15 is 0 Å². The van der Waals surface area contributed by atoms with E-state index in [0.717, 1.165) is 25.1 Å². The molecule has 0 fully saturated rings. The summed E-state index contributed by atoms with van der Waals surface area (Å²) in [5.74, 6) is -14.0. The van der Waals surface area contributed by atoms with Gasteiger partial charge in [0.25, 0.3) is 17.3 Å². The number of non-ortho nitro benzene ring substituents is 1. The summed E-state index contributed by atoms with van der Waals surface area (Å²) >= 11 is 0. The van der Waals surface area contributed by atoms with E-state index in [2.05, 4.69) is 53.2 Å². The van der Waals surface area contributed by atoms with Gasteiger partial charge in [-0.15, -0.1) is 0 Å². The van der Waals surface area contributed by atoms with E-state index in [-0.39, 0.29) is 48.6 Å². The number of aliphatic carboxylic acids is 2. The number of aromatic hydroxyl groups is 1. The van der Waals surface area contributed by atoms with Crippen LogP contribution in [0, 0.1) is 26.1 Å². The quantitative estimate of drug-likeness (QED) is 0.0137. The van der Waals surface area contributed by atoms with Gasteiger partial charge >= 0.3 is 11.9 Å². The Labute approximate surface area is 490 Å². The van der Waals surface area contributed by atoms with Gasteiger partial charge < -0.3 is 80.0 Å². The zero-order chi connectivity index (χ0) is 64.5. The van der Waals surface area contributed by atoms with Crippen molar-refractivity contribution in [1.29, 1.82) is 0 Å². The second kappa shape index (κ2) is 33.6. The van der Waals surface area contributed by atoms with Gasteiger partial charge in [0.15, 0.2) is 0 Å². The first kappa shape index (κ1) is 69.8. The summed E-state index contributed by atoms with van der Waals surface area (Å²) in [5.41, 5.74) is 10.4. The van der Waals surface area contributed by atoms with Crippen LogP contribution in [0.5, 0.6) is 5.75 Å². The number of carboxylic acids is 2. The number of rotatable bonds is 35. The molecule has 33 nitrogen and oxygen atoms in total. The molecule has 8 atom stereocenters. The summed E-state index contributed by atoms with van der Waals surface area (Å²) in [7, 11) is 0. The molecule has 86 heavy (non-hydrogen) atoms. The van der Waals surface area contributed by atoms with Crippen LogP contribution in [0.4, 0.5) is 22.7 Å². The number of hydrogen-bond donors (Lipinski definition) is 15. The van der Waals surface area contributed by atoms with Gasteiger partial charge in [-0.2, -0.15) is 0 Å². The highest BCUT2D eigenvalue weighted by atomic mass is 16.6. The van der Waals surface area contributed by atoms with Crippen molar-refractivity contribution in [2.75, 3.05) is 24.1 Å². The second-order valence-corrected chi connectivity index (χ2v) is 19.8. The Hall–Kier alpha value is -10.5. The Balaban J connectivity index is 1.76. The number of carbonyl (C=O) groups is 12.